The Labute approximate surface area is 157 Å². The summed E-state index contributed by atoms with van der Waals surface area (Å²) in [5.74, 6) is 0.706. The van der Waals surface area contributed by atoms with Crippen LogP contribution in [0.3, 0.4) is 0 Å². The second-order valence-corrected chi connectivity index (χ2v) is 8.33. The molecule has 0 aromatic heterocycles. The van der Waals surface area contributed by atoms with Gasteiger partial charge in [-0.2, -0.15) is 0 Å². The summed E-state index contributed by atoms with van der Waals surface area (Å²) < 4.78 is 0.623. The van der Waals surface area contributed by atoms with Crippen molar-refractivity contribution < 1.29 is 0 Å². The van der Waals surface area contributed by atoms with E-state index in [2.05, 4.69) is 31.8 Å². The van der Waals surface area contributed by atoms with Crippen molar-refractivity contribution >= 4 is 29.2 Å². The Hall–Kier alpha value is 0.240. The van der Waals surface area contributed by atoms with E-state index in [0.29, 0.717) is 10.2 Å². The molecule has 1 nitrogen and oxygen atoms in total. The fraction of sp³-hybridized carbons (Fsp3) is 0.950. The summed E-state index contributed by atoms with van der Waals surface area (Å²) in [6, 6.07) is 0. The highest BCUT2D eigenvalue weighted by Gasteiger charge is 2.01. The largest absolute Gasteiger partial charge is 0.371 e. The van der Waals surface area contributed by atoms with Gasteiger partial charge in [-0.3, -0.25) is 0 Å². The average molecular weight is 360 g/mol. The fourth-order valence-corrected chi connectivity index (χ4v) is 3.23. The van der Waals surface area contributed by atoms with Gasteiger partial charge in [-0.05, 0) is 12.3 Å². The summed E-state index contributed by atoms with van der Waals surface area (Å²) in [6.07, 6.45) is 21.4. The van der Waals surface area contributed by atoms with Crippen LogP contribution >= 0.6 is 24.8 Å². The number of hydrogen-bond donors (Lipinski definition) is 2. The molecular weight excluding hydrogens is 318 g/mol. The van der Waals surface area contributed by atoms with E-state index in [-0.39, 0.29) is 0 Å². The van der Waals surface area contributed by atoms with Crippen molar-refractivity contribution in [2.75, 3.05) is 6.54 Å². The lowest BCUT2D eigenvalue weighted by Crippen LogP contribution is -2.23. The van der Waals surface area contributed by atoms with E-state index in [4.69, 9.17) is 12.2 Å². The average Bonchev–Trinajstić information content (AvgIpc) is 2.53. The second kappa shape index (κ2) is 18.6. The third-order valence-corrected chi connectivity index (χ3v) is 4.95. The predicted octanol–water partition coefficient (Wildman–Crippen LogP) is 7.30. The van der Waals surface area contributed by atoms with Crippen LogP contribution < -0.4 is 5.32 Å². The Morgan fingerprint density at radius 2 is 1.17 bits per heavy atom. The first-order chi connectivity index (χ1) is 11.2. The Morgan fingerprint density at radius 3 is 1.57 bits per heavy atom. The summed E-state index contributed by atoms with van der Waals surface area (Å²) in [6.45, 7) is 5.55. The van der Waals surface area contributed by atoms with Gasteiger partial charge in [-0.15, -0.1) is 12.6 Å². The summed E-state index contributed by atoms with van der Waals surface area (Å²) in [5.41, 5.74) is 0. The van der Waals surface area contributed by atoms with E-state index in [1.54, 1.807) is 0 Å². The molecule has 23 heavy (non-hydrogen) atoms. The van der Waals surface area contributed by atoms with Crippen molar-refractivity contribution in [3.8, 4) is 0 Å². The molecule has 0 spiro atoms. The molecule has 0 saturated heterocycles. The van der Waals surface area contributed by atoms with Crippen LogP contribution in [0.5, 0.6) is 0 Å². The standard InChI is InChI=1S/C20H41NS2/c1-3-4-5-6-7-8-9-10-11-12-13-14-15-16-17-19(2)18-21-20(22)23/h19H,3-18H2,1-2H3,(H2,21,22,23). The van der Waals surface area contributed by atoms with Crippen molar-refractivity contribution in [1.29, 1.82) is 0 Å². The van der Waals surface area contributed by atoms with Gasteiger partial charge >= 0.3 is 0 Å². The van der Waals surface area contributed by atoms with Gasteiger partial charge < -0.3 is 5.32 Å². The number of thiol groups is 1. The lowest BCUT2D eigenvalue weighted by molar-refractivity contribution is 0.474. The first-order valence-electron chi connectivity index (χ1n) is 10.1. The van der Waals surface area contributed by atoms with Crippen LogP contribution in [0.25, 0.3) is 0 Å². The topological polar surface area (TPSA) is 12.0 Å². The molecule has 1 unspecified atom stereocenters. The molecule has 0 aliphatic carbocycles. The SMILES string of the molecule is CCCCCCCCCCCCCCCCC(C)CNC(=S)S. The fourth-order valence-electron chi connectivity index (χ4n) is 3.05. The molecule has 0 amide bonds. The van der Waals surface area contributed by atoms with Gasteiger partial charge in [0.1, 0.15) is 4.32 Å². The van der Waals surface area contributed by atoms with Crippen LogP contribution in [0.2, 0.25) is 0 Å². The quantitative estimate of drug-likeness (QED) is 0.160. The van der Waals surface area contributed by atoms with Gasteiger partial charge in [0.15, 0.2) is 0 Å². The van der Waals surface area contributed by atoms with Crippen LogP contribution in [0.4, 0.5) is 0 Å². The second-order valence-electron chi connectivity index (χ2n) is 7.18. The van der Waals surface area contributed by atoms with Gasteiger partial charge in [0.2, 0.25) is 0 Å². The first-order valence-corrected chi connectivity index (χ1v) is 11.0. The van der Waals surface area contributed by atoms with E-state index in [1.165, 1.54) is 96.3 Å². The van der Waals surface area contributed by atoms with Crippen LogP contribution in [-0.4, -0.2) is 10.9 Å². The maximum absolute atomic E-state index is 4.91. The minimum Gasteiger partial charge on any atom is -0.371 e. The molecular formula is C20H41NS2. The molecule has 1 N–H and O–H groups in total. The third kappa shape index (κ3) is 20.2. The van der Waals surface area contributed by atoms with Gasteiger partial charge in [0.05, 0.1) is 0 Å². The van der Waals surface area contributed by atoms with Gasteiger partial charge in [-0.1, -0.05) is 116 Å². The molecule has 0 aromatic carbocycles. The Bertz CT molecular complexity index is 256. The van der Waals surface area contributed by atoms with Crippen LogP contribution in [0, 0.1) is 5.92 Å². The molecule has 0 radical (unpaired) electrons. The van der Waals surface area contributed by atoms with Crippen LogP contribution in [-0.2, 0) is 0 Å². The number of unbranched alkanes of at least 4 members (excludes halogenated alkanes) is 13. The molecule has 0 aromatic rings. The maximum atomic E-state index is 4.91. The minimum atomic E-state index is 0.623. The molecule has 0 heterocycles. The maximum Gasteiger partial charge on any atom is 0.130 e. The smallest absolute Gasteiger partial charge is 0.130 e. The zero-order valence-corrected chi connectivity index (χ0v) is 17.5. The van der Waals surface area contributed by atoms with E-state index >= 15 is 0 Å². The van der Waals surface area contributed by atoms with Gasteiger partial charge in [0, 0.05) is 6.54 Å². The van der Waals surface area contributed by atoms with Gasteiger partial charge in [0.25, 0.3) is 0 Å². The highest BCUT2D eigenvalue weighted by molar-refractivity contribution is 8.11. The zero-order valence-electron chi connectivity index (χ0n) is 15.7. The zero-order chi connectivity index (χ0) is 17.2. The van der Waals surface area contributed by atoms with Crippen molar-refractivity contribution in [3.63, 3.8) is 0 Å². The molecule has 0 bridgehead atoms. The highest BCUT2D eigenvalue weighted by atomic mass is 32.1. The van der Waals surface area contributed by atoms with Crippen molar-refractivity contribution in [2.45, 2.75) is 110 Å². The van der Waals surface area contributed by atoms with E-state index in [1.807, 2.05) is 0 Å². The van der Waals surface area contributed by atoms with E-state index in [0.717, 1.165) is 6.54 Å². The summed E-state index contributed by atoms with van der Waals surface area (Å²) in [4.78, 5) is 0. The van der Waals surface area contributed by atoms with Crippen molar-refractivity contribution in [3.05, 3.63) is 0 Å². The number of hydrogen-bond acceptors (Lipinski definition) is 1. The van der Waals surface area contributed by atoms with E-state index in [9.17, 15) is 0 Å². The molecule has 0 aliphatic heterocycles. The third-order valence-electron chi connectivity index (χ3n) is 4.65. The van der Waals surface area contributed by atoms with Crippen molar-refractivity contribution in [2.24, 2.45) is 5.92 Å². The summed E-state index contributed by atoms with van der Waals surface area (Å²) >= 11 is 9.00. The normalized spacial score (nSPS) is 12.3. The number of thiocarbonyl (C=S) groups is 1. The molecule has 0 fully saturated rings. The molecule has 0 aliphatic rings. The molecule has 1 atom stereocenters. The molecule has 3 heteroatoms. The molecule has 0 rings (SSSR count). The Balaban J connectivity index is 3.09. The monoisotopic (exact) mass is 359 g/mol. The van der Waals surface area contributed by atoms with Crippen LogP contribution in [0.15, 0.2) is 0 Å². The Morgan fingerprint density at radius 1 is 0.783 bits per heavy atom. The lowest BCUT2D eigenvalue weighted by atomic mass is 10.0. The predicted molar refractivity (Wildman–Crippen MR) is 114 cm³/mol. The highest BCUT2D eigenvalue weighted by Crippen LogP contribution is 2.14. The lowest BCUT2D eigenvalue weighted by Gasteiger charge is -2.12. The molecule has 138 valence electrons. The van der Waals surface area contributed by atoms with Crippen LogP contribution in [0.1, 0.15) is 110 Å². The number of nitrogens with one attached hydrogen (secondary N) is 1. The number of rotatable bonds is 17. The van der Waals surface area contributed by atoms with E-state index < -0.39 is 0 Å². The first kappa shape index (κ1) is 23.2. The van der Waals surface area contributed by atoms with Crippen molar-refractivity contribution in [1.82, 2.24) is 5.32 Å². The van der Waals surface area contributed by atoms with Gasteiger partial charge in [-0.25, -0.2) is 0 Å². The summed E-state index contributed by atoms with van der Waals surface area (Å²) in [7, 11) is 0. The molecule has 0 saturated carbocycles. The minimum absolute atomic E-state index is 0.623. The Kier molecular flexibility index (Phi) is 18.8. The summed E-state index contributed by atoms with van der Waals surface area (Å²) in [5, 5.41) is 3.14.